The second kappa shape index (κ2) is 10.7. The van der Waals surface area contributed by atoms with Crippen LogP contribution >= 0.6 is 0 Å². The monoisotopic (exact) mass is 491 g/mol. The Morgan fingerprint density at radius 2 is 1.61 bits per heavy atom. The fraction of sp³-hybridized carbons (Fsp3) is 0.333. The number of benzene rings is 2. The Kier molecular flexibility index (Phi) is 7.49. The molecule has 2 heterocycles. The standard InChI is InChI=1S/C27H29N3O6/c1-16(2)12-23(24(31)28-15-19-8-5-11-36-19)29-22(27(34)35)9-10-30-25(32)20-13-17-6-3-4-7-18(17)14-21(20)26(30)33/h3-8,11,13-14,16,22-23,29H,9-10,12,15H2,1-2H3,(H,28,31)(H,34,35). The summed E-state index contributed by atoms with van der Waals surface area (Å²) in [5.74, 6) is -1.69. The molecule has 0 fully saturated rings. The molecule has 0 saturated heterocycles. The van der Waals surface area contributed by atoms with Gasteiger partial charge in [0.05, 0.1) is 30.0 Å². The number of imide groups is 1. The first kappa shape index (κ1) is 25.1. The number of carbonyl (C=O) groups is 4. The lowest BCUT2D eigenvalue weighted by Crippen LogP contribution is -2.52. The second-order valence-electron chi connectivity index (χ2n) is 9.33. The average Bonchev–Trinajstić information content (AvgIpc) is 3.45. The Labute approximate surface area is 208 Å². The van der Waals surface area contributed by atoms with Crippen molar-refractivity contribution in [1.82, 2.24) is 15.5 Å². The van der Waals surface area contributed by atoms with Crippen LogP contribution in [0.5, 0.6) is 0 Å². The van der Waals surface area contributed by atoms with E-state index in [1.54, 1.807) is 24.3 Å². The molecule has 0 radical (unpaired) electrons. The Morgan fingerprint density at radius 3 is 2.14 bits per heavy atom. The summed E-state index contributed by atoms with van der Waals surface area (Å²) in [5, 5.41) is 17.2. The minimum Gasteiger partial charge on any atom is -0.480 e. The molecule has 2 aromatic carbocycles. The molecule has 3 amide bonds. The summed E-state index contributed by atoms with van der Waals surface area (Å²) in [4.78, 5) is 51.9. The van der Waals surface area contributed by atoms with Gasteiger partial charge >= 0.3 is 5.97 Å². The van der Waals surface area contributed by atoms with Gasteiger partial charge in [0.2, 0.25) is 5.91 Å². The van der Waals surface area contributed by atoms with Gasteiger partial charge in [-0.2, -0.15) is 0 Å². The molecule has 0 aliphatic carbocycles. The first-order valence-electron chi connectivity index (χ1n) is 11.9. The highest BCUT2D eigenvalue weighted by atomic mass is 16.4. The van der Waals surface area contributed by atoms with Crippen LogP contribution < -0.4 is 10.6 Å². The number of carbonyl (C=O) groups excluding carboxylic acids is 3. The molecule has 188 valence electrons. The molecular formula is C27H29N3O6. The number of furan rings is 1. The van der Waals surface area contributed by atoms with E-state index in [1.807, 2.05) is 38.1 Å². The summed E-state index contributed by atoms with van der Waals surface area (Å²) < 4.78 is 5.23. The van der Waals surface area contributed by atoms with Gasteiger partial charge in [0.25, 0.3) is 11.8 Å². The van der Waals surface area contributed by atoms with Crippen molar-refractivity contribution in [3.05, 3.63) is 71.7 Å². The molecule has 4 rings (SSSR count). The lowest BCUT2D eigenvalue weighted by Gasteiger charge is -2.25. The van der Waals surface area contributed by atoms with E-state index in [4.69, 9.17) is 4.42 Å². The van der Waals surface area contributed by atoms with E-state index in [0.29, 0.717) is 23.3 Å². The van der Waals surface area contributed by atoms with Gasteiger partial charge in [-0.15, -0.1) is 0 Å². The normalized spacial score (nSPS) is 14.8. The average molecular weight is 492 g/mol. The van der Waals surface area contributed by atoms with Crippen molar-refractivity contribution in [2.75, 3.05) is 6.54 Å². The first-order chi connectivity index (χ1) is 17.2. The molecular weight excluding hydrogens is 462 g/mol. The Morgan fingerprint density at radius 1 is 0.972 bits per heavy atom. The smallest absolute Gasteiger partial charge is 0.320 e. The van der Waals surface area contributed by atoms with Crippen LogP contribution in [0.2, 0.25) is 0 Å². The van der Waals surface area contributed by atoms with Crippen LogP contribution in [0.1, 0.15) is 53.2 Å². The Bertz CT molecular complexity index is 1230. The summed E-state index contributed by atoms with van der Waals surface area (Å²) in [6, 6.07) is 12.4. The van der Waals surface area contributed by atoms with Crippen LogP contribution in [0, 0.1) is 5.92 Å². The number of hydrogen-bond donors (Lipinski definition) is 3. The summed E-state index contributed by atoms with van der Waals surface area (Å²) in [6.07, 6.45) is 1.88. The predicted octanol–water partition coefficient (Wildman–Crippen LogP) is 3.19. The van der Waals surface area contributed by atoms with Crippen LogP contribution in [-0.2, 0) is 16.1 Å². The van der Waals surface area contributed by atoms with Gasteiger partial charge in [0.15, 0.2) is 0 Å². The third-order valence-electron chi connectivity index (χ3n) is 6.22. The largest absolute Gasteiger partial charge is 0.480 e. The van der Waals surface area contributed by atoms with E-state index in [-0.39, 0.29) is 31.3 Å². The highest BCUT2D eigenvalue weighted by Crippen LogP contribution is 2.28. The summed E-state index contributed by atoms with van der Waals surface area (Å²) in [5.41, 5.74) is 0.627. The predicted molar refractivity (Wildman–Crippen MR) is 132 cm³/mol. The number of rotatable bonds is 11. The summed E-state index contributed by atoms with van der Waals surface area (Å²) in [7, 11) is 0. The van der Waals surface area contributed by atoms with Crippen LogP contribution in [0.15, 0.2) is 59.2 Å². The maximum atomic E-state index is 13.0. The van der Waals surface area contributed by atoms with E-state index in [2.05, 4.69) is 10.6 Å². The number of carboxylic acid groups (broad SMARTS) is 1. The SMILES string of the molecule is CC(C)CC(NC(CCN1C(=O)c2cc3ccccc3cc2C1=O)C(=O)O)C(=O)NCc1ccco1. The highest BCUT2D eigenvalue weighted by Gasteiger charge is 2.37. The van der Waals surface area contributed by atoms with Crippen LogP contribution in [0.3, 0.4) is 0 Å². The molecule has 9 heteroatoms. The maximum Gasteiger partial charge on any atom is 0.320 e. The zero-order valence-corrected chi connectivity index (χ0v) is 20.2. The number of fused-ring (bicyclic) bond motifs is 2. The van der Waals surface area contributed by atoms with Crippen molar-refractivity contribution < 1.29 is 28.7 Å². The molecule has 3 aromatic rings. The highest BCUT2D eigenvalue weighted by molar-refractivity contribution is 6.23. The number of hydrogen-bond acceptors (Lipinski definition) is 6. The minimum absolute atomic E-state index is 0.0413. The van der Waals surface area contributed by atoms with Gasteiger partial charge in [-0.05, 0) is 53.8 Å². The number of amides is 3. The van der Waals surface area contributed by atoms with Crippen LogP contribution in [0.4, 0.5) is 0 Å². The molecule has 0 saturated carbocycles. The summed E-state index contributed by atoms with van der Waals surface area (Å²) in [6.45, 7) is 3.97. The lowest BCUT2D eigenvalue weighted by molar-refractivity contribution is -0.140. The topological polar surface area (TPSA) is 129 Å². The Hall–Kier alpha value is -3.98. The third kappa shape index (κ3) is 5.46. The molecule has 0 spiro atoms. The molecule has 3 N–H and O–H groups in total. The van der Waals surface area contributed by atoms with Gasteiger partial charge in [-0.3, -0.25) is 29.4 Å². The van der Waals surface area contributed by atoms with Crippen molar-refractivity contribution in [1.29, 1.82) is 0 Å². The van der Waals surface area contributed by atoms with Crippen molar-refractivity contribution >= 4 is 34.5 Å². The first-order valence-corrected chi connectivity index (χ1v) is 11.9. The van der Waals surface area contributed by atoms with Gasteiger partial charge in [0, 0.05) is 6.54 Å². The Balaban J connectivity index is 1.44. The fourth-order valence-electron chi connectivity index (χ4n) is 4.39. The van der Waals surface area contributed by atoms with E-state index < -0.39 is 29.9 Å². The van der Waals surface area contributed by atoms with Crippen LogP contribution in [-0.4, -0.2) is 52.3 Å². The van der Waals surface area contributed by atoms with Gasteiger partial charge < -0.3 is 14.8 Å². The zero-order chi connectivity index (χ0) is 25.8. The number of nitrogens with one attached hydrogen (secondary N) is 2. The van der Waals surface area contributed by atoms with Crippen molar-refractivity contribution in [2.45, 2.75) is 45.3 Å². The van der Waals surface area contributed by atoms with Gasteiger partial charge in [0.1, 0.15) is 11.8 Å². The van der Waals surface area contributed by atoms with Crippen molar-refractivity contribution in [2.24, 2.45) is 5.92 Å². The van der Waals surface area contributed by atoms with E-state index in [0.717, 1.165) is 15.7 Å². The van der Waals surface area contributed by atoms with E-state index in [9.17, 15) is 24.3 Å². The zero-order valence-electron chi connectivity index (χ0n) is 20.2. The second-order valence-corrected chi connectivity index (χ2v) is 9.33. The molecule has 2 unspecified atom stereocenters. The molecule has 9 nitrogen and oxygen atoms in total. The van der Waals surface area contributed by atoms with Crippen molar-refractivity contribution in [3.8, 4) is 0 Å². The number of nitrogens with zero attached hydrogens (tertiary/aromatic N) is 1. The molecule has 36 heavy (non-hydrogen) atoms. The quantitative estimate of drug-likeness (QED) is 0.351. The number of carboxylic acids is 1. The minimum atomic E-state index is -1.16. The van der Waals surface area contributed by atoms with Crippen molar-refractivity contribution in [3.63, 3.8) is 0 Å². The fourth-order valence-corrected chi connectivity index (χ4v) is 4.39. The molecule has 2 atom stereocenters. The summed E-state index contributed by atoms with van der Waals surface area (Å²) >= 11 is 0. The molecule has 1 aromatic heterocycles. The van der Waals surface area contributed by atoms with Gasteiger partial charge in [-0.25, -0.2) is 0 Å². The maximum absolute atomic E-state index is 13.0. The van der Waals surface area contributed by atoms with Crippen LogP contribution in [0.25, 0.3) is 10.8 Å². The lowest BCUT2D eigenvalue weighted by atomic mass is 10.0. The molecule has 1 aliphatic heterocycles. The third-order valence-corrected chi connectivity index (χ3v) is 6.22. The number of aliphatic carboxylic acids is 1. The molecule has 1 aliphatic rings. The van der Waals surface area contributed by atoms with E-state index in [1.165, 1.54) is 6.26 Å². The van der Waals surface area contributed by atoms with E-state index >= 15 is 0 Å². The van der Waals surface area contributed by atoms with Gasteiger partial charge in [-0.1, -0.05) is 38.1 Å². The molecule has 0 bridgehead atoms.